The molecule has 0 saturated heterocycles. The van der Waals surface area contributed by atoms with Crippen molar-refractivity contribution >= 4 is 91.8 Å². The second kappa shape index (κ2) is 22.2. The van der Waals surface area contributed by atoms with Crippen molar-refractivity contribution in [3.63, 3.8) is 0 Å². The molecule has 8 aromatic carbocycles. The third-order valence-corrected chi connectivity index (χ3v) is 9.63. The average molecular weight is 902 g/mol. The molecule has 0 saturated carbocycles. The summed E-state index contributed by atoms with van der Waals surface area (Å²) in [7, 11) is 0. The first-order valence-corrected chi connectivity index (χ1v) is 19.6. The Hall–Kier alpha value is -7.99. The molecule has 64 heavy (non-hydrogen) atoms. The van der Waals surface area contributed by atoms with Gasteiger partial charge in [0.15, 0.2) is 0 Å². The van der Waals surface area contributed by atoms with Crippen LogP contribution in [-0.4, -0.2) is 57.9 Å². The van der Waals surface area contributed by atoms with Gasteiger partial charge in [0.1, 0.15) is 22.5 Å². The molecule has 0 aliphatic carbocycles. The van der Waals surface area contributed by atoms with Crippen LogP contribution in [0.3, 0.4) is 0 Å². The Morgan fingerprint density at radius 2 is 0.625 bits per heavy atom. The Labute approximate surface area is 381 Å². The Morgan fingerprint density at radius 1 is 0.359 bits per heavy atom. The van der Waals surface area contributed by atoms with Gasteiger partial charge in [-0.15, -0.1) is 0 Å². The Balaban J connectivity index is 0.000000150. The van der Waals surface area contributed by atoms with Gasteiger partial charge in [-0.05, 0) is 105 Å². The van der Waals surface area contributed by atoms with E-state index >= 15 is 0 Å². The molecule has 0 amide bonds. The summed E-state index contributed by atoms with van der Waals surface area (Å²) in [6, 6.07) is 56.2. The maximum Gasteiger partial charge on any atom is 3.00 e. The summed E-state index contributed by atoms with van der Waals surface area (Å²) in [5, 5.41) is 58.3. The van der Waals surface area contributed by atoms with Crippen LogP contribution in [-0.2, 0) is 0 Å². The fourth-order valence-corrected chi connectivity index (χ4v) is 6.41. The maximum atomic E-state index is 10.5. The van der Waals surface area contributed by atoms with Gasteiger partial charge in [-0.1, -0.05) is 146 Å². The normalized spacial score (nSPS) is 10.1. The average Bonchev–Trinajstić information content (AvgIpc) is 3.30. The van der Waals surface area contributed by atoms with Crippen molar-refractivity contribution in [1.82, 2.24) is 9.97 Å². The number of rotatable bonds is 3. The molecule has 10 rings (SSSR count). The van der Waals surface area contributed by atoms with Crippen molar-refractivity contribution in [1.29, 1.82) is 0 Å². The molecule has 0 unspecified atom stereocenters. The predicted molar refractivity (Wildman–Crippen MR) is 247 cm³/mol. The summed E-state index contributed by atoms with van der Waals surface area (Å²) < 4.78 is 0. The molecule has 0 aliphatic rings. The molecule has 0 aliphatic heterocycles. The maximum absolute atomic E-state index is 10.5. The number of pyridine rings is 2. The molecule has 2 aromatic heterocycles. The minimum Gasteiger partial charge on any atom is -0.545 e. The molecule has 0 radical (unpaired) electrons. The van der Waals surface area contributed by atoms with Crippen LogP contribution in [0.5, 0.6) is 11.5 Å². The zero-order chi connectivity index (χ0) is 44.9. The van der Waals surface area contributed by atoms with E-state index in [1.165, 1.54) is 0 Å². The zero-order valence-electron chi connectivity index (χ0n) is 34.7. The van der Waals surface area contributed by atoms with Gasteiger partial charge in [0.05, 0.1) is 17.9 Å². The van der Waals surface area contributed by atoms with Crippen LogP contribution in [0.15, 0.2) is 188 Å². The molecule has 0 bridgehead atoms. The van der Waals surface area contributed by atoms with E-state index < -0.39 is 17.9 Å². The Kier molecular flexibility index (Phi) is 16.3. The van der Waals surface area contributed by atoms with Gasteiger partial charge >= 0.3 is 19.8 Å². The number of aromatic hydroxyl groups is 2. The number of phenolic OH excluding ortho intramolecular Hbond substituents is 2. The van der Waals surface area contributed by atoms with Gasteiger partial charge in [-0.25, -0.2) is 9.97 Å². The number of nitrogens with zero attached hydrogens (tertiary/aromatic N) is 2. The van der Waals surface area contributed by atoms with Crippen molar-refractivity contribution in [2.24, 2.45) is 0 Å². The smallest absolute Gasteiger partial charge is 0.545 e. The summed E-state index contributed by atoms with van der Waals surface area (Å²) in [6.07, 6.45) is 0. The van der Waals surface area contributed by atoms with Gasteiger partial charge in [0.2, 0.25) is 0 Å². The van der Waals surface area contributed by atoms with E-state index in [4.69, 9.17) is 0 Å². The number of fused-ring (bicyclic) bond motifs is 5. The van der Waals surface area contributed by atoms with Crippen molar-refractivity contribution in [2.75, 3.05) is 0 Å². The largest absolute Gasteiger partial charge is 3.00 e. The van der Waals surface area contributed by atoms with Crippen molar-refractivity contribution in [2.45, 2.75) is 13.8 Å². The van der Waals surface area contributed by atoms with Crippen LogP contribution in [0.25, 0.3) is 54.1 Å². The molecule has 10 nitrogen and oxygen atoms in total. The number of benzene rings is 8. The van der Waals surface area contributed by atoms with E-state index in [0.29, 0.717) is 11.0 Å². The summed E-state index contributed by atoms with van der Waals surface area (Å²) in [5.41, 5.74) is 3.86. The second-order valence-corrected chi connectivity index (χ2v) is 14.2. The summed E-state index contributed by atoms with van der Waals surface area (Å²) in [6.45, 7) is 3.82. The van der Waals surface area contributed by atoms with Crippen LogP contribution in [0.1, 0.15) is 42.5 Å². The summed E-state index contributed by atoms with van der Waals surface area (Å²) >= 11 is 0. The molecule has 0 spiro atoms. The Morgan fingerprint density at radius 3 is 0.922 bits per heavy atom. The van der Waals surface area contributed by atoms with Gasteiger partial charge < -0.3 is 39.9 Å². The van der Waals surface area contributed by atoms with E-state index in [9.17, 15) is 39.9 Å². The van der Waals surface area contributed by atoms with E-state index in [1.54, 1.807) is 66.7 Å². The predicted octanol–water partition coefficient (Wildman–Crippen LogP) is 7.73. The minimum atomic E-state index is -1.13. The van der Waals surface area contributed by atoms with Crippen LogP contribution >= 0.6 is 0 Å². The third-order valence-electron chi connectivity index (χ3n) is 9.63. The van der Waals surface area contributed by atoms with Gasteiger partial charge in [0, 0.05) is 22.2 Å². The topological polar surface area (TPSA) is 187 Å². The van der Waals surface area contributed by atoms with Crippen molar-refractivity contribution in [3.05, 3.63) is 216 Å². The Bertz CT molecular complexity index is 2950. The van der Waals surface area contributed by atoms with Gasteiger partial charge in [0.25, 0.3) is 0 Å². The number of hydrogen-bond acceptors (Lipinski definition) is 10. The van der Waals surface area contributed by atoms with E-state index in [1.807, 2.05) is 135 Å². The number of aromatic carboxylic acids is 3. The van der Waals surface area contributed by atoms with E-state index in [0.717, 1.165) is 54.5 Å². The first kappa shape index (κ1) is 47.1. The molecule has 10 aromatic rings. The molecular weight excluding hydrogens is 862 g/mol. The van der Waals surface area contributed by atoms with Crippen molar-refractivity contribution in [3.8, 4) is 11.5 Å². The SMILES string of the molecule is Cc1ccc2cccc(O)c2n1.Cc1ccc2cccc(O)c2n1.O=C([O-])c1ccc2ccccc2c1.O=C([O-])c1ccc2ccccc2c1.O=C([O-])c1ccc2ccccc2c1.[Ga+3]. The quantitative estimate of drug-likeness (QED) is 0.166. The van der Waals surface area contributed by atoms with Crippen LogP contribution in [0, 0.1) is 13.8 Å². The molecular formula is C53H39GaN2O8. The number of para-hydroxylation sites is 2. The fraction of sp³-hybridized carbons (Fsp3) is 0.0377. The number of carboxylic acid groups (broad SMARTS) is 3. The summed E-state index contributed by atoms with van der Waals surface area (Å²) in [5.74, 6) is -2.91. The van der Waals surface area contributed by atoms with E-state index in [2.05, 4.69) is 9.97 Å². The number of phenols is 2. The number of hydrogen-bond donors (Lipinski definition) is 2. The molecule has 11 heteroatoms. The molecule has 312 valence electrons. The molecule has 0 fully saturated rings. The van der Waals surface area contributed by atoms with Crippen LogP contribution in [0.2, 0.25) is 0 Å². The van der Waals surface area contributed by atoms with Crippen LogP contribution in [0.4, 0.5) is 0 Å². The number of aryl methyl sites for hydroxylation is 2. The van der Waals surface area contributed by atoms with Gasteiger partial charge in [-0.3, -0.25) is 0 Å². The summed E-state index contributed by atoms with van der Waals surface area (Å²) in [4.78, 5) is 40.1. The van der Waals surface area contributed by atoms with E-state index in [-0.39, 0.29) is 48.0 Å². The number of aromatic nitrogens is 2. The monoisotopic (exact) mass is 900 g/mol. The molecule has 2 heterocycles. The third kappa shape index (κ3) is 12.5. The fourth-order valence-electron chi connectivity index (χ4n) is 6.41. The first-order chi connectivity index (χ1) is 30.4. The second-order valence-electron chi connectivity index (χ2n) is 14.2. The van der Waals surface area contributed by atoms with Gasteiger partial charge in [-0.2, -0.15) is 0 Å². The number of carbonyl (C=O) groups is 3. The standard InChI is InChI=1S/3C11H8O2.2C10H9NO.Ga/c3*12-11(13)10-6-5-8-3-1-2-4-9(8)7-10;2*1-7-5-6-8-3-2-4-9(12)10(8)11-7;/h3*1-7H,(H,12,13);2*2-6,12H,1H3;/q;;;;;+3/p-3. The number of carbonyl (C=O) groups excluding carboxylic acids is 3. The minimum absolute atomic E-state index is 0. The van der Waals surface area contributed by atoms with Crippen molar-refractivity contribution < 1.29 is 39.9 Å². The molecule has 2 N–H and O–H groups in total. The zero-order valence-corrected chi connectivity index (χ0v) is 37.1. The number of carboxylic acids is 3. The first-order valence-electron chi connectivity index (χ1n) is 19.6. The molecule has 0 atom stereocenters. The van der Waals surface area contributed by atoms with Crippen LogP contribution < -0.4 is 15.3 Å².